The van der Waals surface area contributed by atoms with E-state index < -0.39 is 4.92 Å². The summed E-state index contributed by atoms with van der Waals surface area (Å²) in [6.45, 7) is 0.701. The van der Waals surface area contributed by atoms with E-state index in [0.29, 0.717) is 12.1 Å². The van der Waals surface area contributed by atoms with E-state index >= 15 is 0 Å². The van der Waals surface area contributed by atoms with E-state index in [1.165, 1.54) is 24.3 Å². The maximum atomic E-state index is 12.0. The molecule has 1 aromatic rings. The number of nitro groups is 1. The van der Waals surface area contributed by atoms with Crippen molar-refractivity contribution in [2.45, 2.75) is 12.8 Å². The molecule has 1 heterocycles. The highest BCUT2D eigenvalue weighted by molar-refractivity contribution is 5.95. The number of benzene rings is 1. The van der Waals surface area contributed by atoms with Crippen molar-refractivity contribution in [1.82, 2.24) is 4.90 Å². The fraction of sp³-hybridized carbons (Fsp3) is 0.250. The van der Waals surface area contributed by atoms with Gasteiger partial charge in [-0.2, -0.15) is 0 Å². The van der Waals surface area contributed by atoms with Crippen LogP contribution in [-0.2, 0) is 0 Å². The lowest BCUT2D eigenvalue weighted by atomic mass is 10.1. The number of allylic oxidation sites excluding steroid dienone is 1. The second-order valence-corrected chi connectivity index (χ2v) is 3.83. The highest BCUT2D eigenvalue weighted by Gasteiger charge is 2.15. The van der Waals surface area contributed by atoms with Crippen molar-refractivity contribution in [3.05, 3.63) is 52.2 Å². The molecule has 1 aliphatic rings. The zero-order valence-corrected chi connectivity index (χ0v) is 9.20. The third-order valence-corrected chi connectivity index (χ3v) is 2.64. The van der Waals surface area contributed by atoms with Gasteiger partial charge in [-0.1, -0.05) is 6.08 Å². The molecule has 0 atom stereocenters. The molecule has 0 bridgehead atoms. The molecule has 1 amide bonds. The van der Waals surface area contributed by atoms with E-state index in [1.807, 2.05) is 6.08 Å². The monoisotopic (exact) mass is 232 g/mol. The standard InChI is InChI=1S/C12H12N2O3/c15-12(13-8-2-1-3-9-13)10-4-6-11(7-5-10)14(16)17/h2,4-8H,1,3,9H2. The molecule has 2 rings (SSSR count). The van der Waals surface area contributed by atoms with Crippen molar-refractivity contribution in [3.8, 4) is 0 Å². The quantitative estimate of drug-likeness (QED) is 0.580. The summed E-state index contributed by atoms with van der Waals surface area (Å²) in [5.41, 5.74) is 0.470. The normalized spacial score (nSPS) is 14.7. The number of carbonyl (C=O) groups excluding carboxylic acids is 1. The molecule has 88 valence electrons. The van der Waals surface area contributed by atoms with E-state index in [1.54, 1.807) is 11.1 Å². The minimum Gasteiger partial charge on any atom is -0.315 e. The van der Waals surface area contributed by atoms with Gasteiger partial charge in [-0.3, -0.25) is 14.9 Å². The predicted molar refractivity (Wildman–Crippen MR) is 62.5 cm³/mol. The van der Waals surface area contributed by atoms with Crippen molar-refractivity contribution >= 4 is 11.6 Å². The Labute approximate surface area is 98.5 Å². The molecule has 1 aliphatic heterocycles. The molecular weight excluding hydrogens is 220 g/mol. The van der Waals surface area contributed by atoms with E-state index in [9.17, 15) is 14.9 Å². The first-order chi connectivity index (χ1) is 8.18. The maximum Gasteiger partial charge on any atom is 0.269 e. The van der Waals surface area contributed by atoms with Crippen molar-refractivity contribution < 1.29 is 9.72 Å². The number of hydrogen-bond donors (Lipinski definition) is 0. The largest absolute Gasteiger partial charge is 0.315 e. The van der Waals surface area contributed by atoms with Crippen LogP contribution in [0.5, 0.6) is 0 Å². The average molecular weight is 232 g/mol. The lowest BCUT2D eigenvalue weighted by molar-refractivity contribution is -0.384. The van der Waals surface area contributed by atoms with E-state index in [2.05, 4.69) is 0 Å². The number of nitro benzene ring substituents is 1. The Morgan fingerprint density at radius 3 is 2.53 bits per heavy atom. The summed E-state index contributed by atoms with van der Waals surface area (Å²) in [5.74, 6) is -0.115. The van der Waals surface area contributed by atoms with Crippen LogP contribution in [0.25, 0.3) is 0 Å². The van der Waals surface area contributed by atoms with Crippen LogP contribution in [0.3, 0.4) is 0 Å². The van der Waals surface area contributed by atoms with Crippen LogP contribution >= 0.6 is 0 Å². The summed E-state index contributed by atoms with van der Waals surface area (Å²) in [4.78, 5) is 23.6. The van der Waals surface area contributed by atoms with Crippen LogP contribution in [-0.4, -0.2) is 22.3 Å². The van der Waals surface area contributed by atoms with Gasteiger partial charge in [0.15, 0.2) is 0 Å². The van der Waals surface area contributed by atoms with Crippen LogP contribution < -0.4 is 0 Å². The molecule has 0 radical (unpaired) electrons. The molecule has 0 saturated carbocycles. The van der Waals surface area contributed by atoms with Crippen LogP contribution in [0.1, 0.15) is 23.2 Å². The topological polar surface area (TPSA) is 63.4 Å². The maximum absolute atomic E-state index is 12.0. The number of rotatable bonds is 2. The summed E-state index contributed by atoms with van der Waals surface area (Å²) < 4.78 is 0. The molecule has 0 aromatic heterocycles. The molecule has 0 unspecified atom stereocenters. The van der Waals surface area contributed by atoms with E-state index in [0.717, 1.165) is 12.8 Å². The molecule has 0 spiro atoms. The Hall–Kier alpha value is -2.17. The zero-order chi connectivity index (χ0) is 12.3. The summed E-state index contributed by atoms with van der Waals surface area (Å²) >= 11 is 0. The molecule has 1 aromatic carbocycles. The van der Waals surface area contributed by atoms with Crippen LogP contribution in [0.15, 0.2) is 36.5 Å². The van der Waals surface area contributed by atoms with Crippen molar-refractivity contribution in [1.29, 1.82) is 0 Å². The van der Waals surface area contributed by atoms with Gasteiger partial charge >= 0.3 is 0 Å². The highest BCUT2D eigenvalue weighted by atomic mass is 16.6. The Balaban J connectivity index is 2.16. The van der Waals surface area contributed by atoms with Crippen LogP contribution in [0.4, 0.5) is 5.69 Å². The molecular formula is C12H12N2O3. The molecule has 5 heteroatoms. The Morgan fingerprint density at radius 2 is 2.00 bits per heavy atom. The summed E-state index contributed by atoms with van der Waals surface area (Å²) in [5, 5.41) is 10.5. The number of amides is 1. The fourth-order valence-electron chi connectivity index (χ4n) is 1.72. The average Bonchev–Trinajstić information content (AvgIpc) is 2.39. The molecule has 0 fully saturated rings. The third kappa shape index (κ3) is 2.50. The van der Waals surface area contributed by atoms with Gasteiger partial charge in [0.2, 0.25) is 0 Å². The van der Waals surface area contributed by atoms with Gasteiger partial charge in [0.25, 0.3) is 11.6 Å². The Kier molecular flexibility index (Phi) is 3.18. The lowest BCUT2D eigenvalue weighted by Gasteiger charge is -2.21. The van der Waals surface area contributed by atoms with Gasteiger partial charge in [0.1, 0.15) is 0 Å². The summed E-state index contributed by atoms with van der Waals surface area (Å²) in [6, 6.07) is 5.67. The fourth-order valence-corrected chi connectivity index (χ4v) is 1.72. The van der Waals surface area contributed by atoms with Gasteiger partial charge in [-0.05, 0) is 25.0 Å². The number of hydrogen-bond acceptors (Lipinski definition) is 3. The molecule has 0 N–H and O–H groups in total. The SMILES string of the molecule is O=C(c1ccc([N+](=O)[O-])cc1)N1C=CCCC1. The van der Waals surface area contributed by atoms with Crippen LogP contribution in [0, 0.1) is 10.1 Å². The lowest BCUT2D eigenvalue weighted by Crippen LogP contribution is -2.28. The summed E-state index contributed by atoms with van der Waals surface area (Å²) in [7, 11) is 0. The zero-order valence-electron chi connectivity index (χ0n) is 9.20. The predicted octanol–water partition coefficient (Wildman–Crippen LogP) is 2.34. The summed E-state index contributed by atoms with van der Waals surface area (Å²) in [6.07, 6.45) is 5.67. The second kappa shape index (κ2) is 4.78. The van der Waals surface area contributed by atoms with Gasteiger partial charge < -0.3 is 4.90 Å². The molecule has 5 nitrogen and oxygen atoms in total. The minimum absolute atomic E-state index is 0.00395. The van der Waals surface area contributed by atoms with Gasteiger partial charge in [-0.25, -0.2) is 0 Å². The third-order valence-electron chi connectivity index (χ3n) is 2.64. The van der Waals surface area contributed by atoms with Crippen LogP contribution in [0.2, 0.25) is 0 Å². The first-order valence-corrected chi connectivity index (χ1v) is 5.40. The molecule has 17 heavy (non-hydrogen) atoms. The van der Waals surface area contributed by atoms with Crippen molar-refractivity contribution in [2.24, 2.45) is 0 Å². The number of carbonyl (C=O) groups is 1. The smallest absolute Gasteiger partial charge is 0.269 e. The first kappa shape index (κ1) is 11.3. The first-order valence-electron chi connectivity index (χ1n) is 5.40. The highest BCUT2D eigenvalue weighted by Crippen LogP contribution is 2.15. The number of nitrogens with zero attached hydrogens (tertiary/aromatic N) is 2. The Bertz CT molecular complexity index is 465. The second-order valence-electron chi connectivity index (χ2n) is 3.83. The molecule has 0 aliphatic carbocycles. The number of non-ortho nitro benzene ring substituents is 1. The Morgan fingerprint density at radius 1 is 1.29 bits per heavy atom. The van der Waals surface area contributed by atoms with E-state index in [-0.39, 0.29) is 11.6 Å². The van der Waals surface area contributed by atoms with Crippen molar-refractivity contribution in [3.63, 3.8) is 0 Å². The van der Waals surface area contributed by atoms with Gasteiger partial charge in [0.05, 0.1) is 4.92 Å². The molecule has 0 saturated heterocycles. The minimum atomic E-state index is -0.477. The van der Waals surface area contributed by atoms with E-state index in [4.69, 9.17) is 0 Å². The van der Waals surface area contributed by atoms with Gasteiger partial charge in [0, 0.05) is 30.4 Å². The van der Waals surface area contributed by atoms with Crippen molar-refractivity contribution in [2.75, 3.05) is 6.54 Å². The van der Waals surface area contributed by atoms with Gasteiger partial charge in [-0.15, -0.1) is 0 Å².